The first-order chi connectivity index (χ1) is 11.5. The molecule has 0 N–H and O–H groups in total. The topological polar surface area (TPSA) is 0 Å². The van der Waals surface area contributed by atoms with E-state index in [1.54, 1.807) is 0 Å². The lowest BCUT2D eigenvalue weighted by Gasteiger charge is -2.05. The summed E-state index contributed by atoms with van der Waals surface area (Å²) in [5, 5.41) is 2.70. The standard InChI is InChI=1S/C21H17Br2S/c1-12-8-13(2)21(14(3)9-12)24-19-6-4-15(22)10-17(19)18-11-16(23)5-7-20(18)24/h4-11H,1-3H3/q+1. The van der Waals surface area contributed by atoms with Gasteiger partial charge in [-0.3, -0.25) is 0 Å². The molecule has 0 aliphatic carbocycles. The summed E-state index contributed by atoms with van der Waals surface area (Å²) >= 11 is 7.28. The van der Waals surface area contributed by atoms with E-state index in [1.807, 2.05) is 0 Å². The van der Waals surface area contributed by atoms with Crippen LogP contribution in [-0.2, 0) is 0 Å². The van der Waals surface area contributed by atoms with E-state index in [9.17, 15) is 0 Å². The molecule has 0 saturated heterocycles. The van der Waals surface area contributed by atoms with Crippen LogP contribution >= 0.6 is 42.3 Å². The molecule has 120 valence electrons. The zero-order valence-electron chi connectivity index (χ0n) is 13.8. The first-order valence-corrected chi connectivity index (χ1v) is 10.7. The first-order valence-electron chi connectivity index (χ1n) is 7.87. The smallest absolute Gasteiger partial charge is 0.0509 e. The normalized spacial score (nSPS) is 11.5. The molecule has 0 fully saturated rings. The highest BCUT2D eigenvalue weighted by molar-refractivity contribution is 9.10. The van der Waals surface area contributed by atoms with Crippen LogP contribution in [0.2, 0.25) is 0 Å². The predicted molar refractivity (Wildman–Crippen MR) is 115 cm³/mol. The van der Waals surface area contributed by atoms with Gasteiger partial charge in [0.1, 0.15) is 0 Å². The van der Waals surface area contributed by atoms with Crippen molar-refractivity contribution in [2.45, 2.75) is 20.8 Å². The molecule has 0 radical (unpaired) electrons. The van der Waals surface area contributed by atoms with E-state index >= 15 is 0 Å². The average molecular weight is 461 g/mol. The van der Waals surface area contributed by atoms with Crippen LogP contribution in [0.25, 0.3) is 25.1 Å². The maximum absolute atomic E-state index is 3.64. The van der Waals surface area contributed by atoms with Crippen molar-refractivity contribution in [1.82, 2.24) is 0 Å². The van der Waals surface area contributed by atoms with Crippen LogP contribution in [0.1, 0.15) is 16.7 Å². The summed E-state index contributed by atoms with van der Waals surface area (Å²) in [6.07, 6.45) is 0. The molecule has 0 unspecified atom stereocenters. The van der Waals surface area contributed by atoms with Crippen LogP contribution in [0.3, 0.4) is 0 Å². The molecule has 0 nitrogen and oxygen atoms in total. The SMILES string of the molecule is Cc1cc(C)c(-[s+]2c3ccc(Br)cc3c3cc(Br)ccc32)c(C)c1. The second kappa shape index (κ2) is 5.98. The highest BCUT2D eigenvalue weighted by atomic mass is 79.9. The number of hydrogen-bond donors (Lipinski definition) is 0. The van der Waals surface area contributed by atoms with Gasteiger partial charge < -0.3 is 0 Å². The number of fused-ring (bicyclic) bond motifs is 3. The van der Waals surface area contributed by atoms with E-state index in [0.29, 0.717) is 0 Å². The van der Waals surface area contributed by atoms with E-state index in [1.165, 1.54) is 41.8 Å². The largest absolute Gasteiger partial charge is 0.187 e. The number of aryl methyl sites for hydroxylation is 3. The molecule has 0 atom stereocenters. The number of hydrogen-bond acceptors (Lipinski definition) is 0. The molecule has 0 amide bonds. The Balaban J connectivity index is 2.23. The summed E-state index contributed by atoms with van der Waals surface area (Å²) in [6.45, 7) is 6.67. The van der Waals surface area contributed by atoms with Gasteiger partial charge in [-0.25, -0.2) is 0 Å². The summed E-state index contributed by atoms with van der Waals surface area (Å²) in [5.74, 6) is 0. The Kier molecular flexibility index (Phi) is 4.06. The summed E-state index contributed by atoms with van der Waals surface area (Å²) in [5.41, 5.74) is 4.12. The van der Waals surface area contributed by atoms with Gasteiger partial charge >= 0.3 is 0 Å². The maximum Gasteiger partial charge on any atom is 0.187 e. The van der Waals surface area contributed by atoms with Crippen LogP contribution < -0.4 is 0 Å². The van der Waals surface area contributed by atoms with E-state index in [0.717, 1.165) is 8.95 Å². The Morgan fingerprint density at radius 3 is 1.58 bits per heavy atom. The second-order valence-electron chi connectivity index (χ2n) is 6.31. The zero-order chi connectivity index (χ0) is 17.0. The maximum atomic E-state index is 3.64. The molecule has 0 bridgehead atoms. The van der Waals surface area contributed by atoms with Crippen LogP contribution in [0.4, 0.5) is 0 Å². The average Bonchev–Trinajstić information content (AvgIpc) is 2.80. The molecule has 1 heterocycles. The molecule has 24 heavy (non-hydrogen) atoms. The molecule has 3 aromatic carbocycles. The van der Waals surface area contributed by atoms with Crippen molar-refractivity contribution in [3.05, 3.63) is 74.2 Å². The third kappa shape index (κ3) is 2.54. The fourth-order valence-electron chi connectivity index (χ4n) is 3.61. The van der Waals surface area contributed by atoms with Gasteiger partial charge in [0.2, 0.25) is 0 Å². The lowest BCUT2D eigenvalue weighted by molar-refractivity contribution is 1.35. The van der Waals surface area contributed by atoms with Gasteiger partial charge in [0, 0.05) is 53.4 Å². The Bertz CT molecular complexity index is 1020. The van der Waals surface area contributed by atoms with Crippen LogP contribution in [0.15, 0.2) is 57.5 Å². The highest BCUT2D eigenvalue weighted by Gasteiger charge is 2.27. The second-order valence-corrected chi connectivity index (χ2v) is 10.0. The lowest BCUT2D eigenvalue weighted by atomic mass is 10.1. The summed E-state index contributed by atoms with van der Waals surface area (Å²) < 4.78 is 5.13. The number of benzene rings is 3. The molecule has 0 saturated carbocycles. The minimum Gasteiger partial charge on any atom is -0.0509 e. The summed E-state index contributed by atoms with van der Waals surface area (Å²) in [6, 6.07) is 18.0. The van der Waals surface area contributed by atoms with E-state index in [-0.39, 0.29) is 10.5 Å². The van der Waals surface area contributed by atoms with Gasteiger partial charge in [-0.1, -0.05) is 49.6 Å². The van der Waals surface area contributed by atoms with Crippen molar-refractivity contribution in [1.29, 1.82) is 0 Å². The molecule has 3 heteroatoms. The molecular weight excluding hydrogens is 444 g/mol. The number of thiophene rings is 1. The molecule has 0 spiro atoms. The van der Waals surface area contributed by atoms with Crippen molar-refractivity contribution < 1.29 is 0 Å². The summed E-state index contributed by atoms with van der Waals surface area (Å²) in [7, 11) is -0.0302. The van der Waals surface area contributed by atoms with Crippen molar-refractivity contribution >= 4 is 62.5 Å². The van der Waals surface area contributed by atoms with E-state index < -0.39 is 0 Å². The minimum absolute atomic E-state index is 0.0302. The molecule has 1 aromatic heterocycles. The van der Waals surface area contributed by atoms with Gasteiger partial charge in [-0.2, -0.15) is 0 Å². The Morgan fingerprint density at radius 1 is 0.667 bits per heavy atom. The van der Waals surface area contributed by atoms with E-state index in [4.69, 9.17) is 0 Å². The van der Waals surface area contributed by atoms with Gasteiger partial charge in [0.15, 0.2) is 14.3 Å². The van der Waals surface area contributed by atoms with Crippen LogP contribution in [0.5, 0.6) is 0 Å². The van der Waals surface area contributed by atoms with Gasteiger partial charge in [-0.15, -0.1) is 0 Å². The fourth-order valence-corrected chi connectivity index (χ4v) is 6.96. The molecule has 0 aliphatic heterocycles. The quantitative estimate of drug-likeness (QED) is 0.251. The first kappa shape index (κ1) is 16.3. The van der Waals surface area contributed by atoms with Crippen LogP contribution in [-0.4, -0.2) is 0 Å². The van der Waals surface area contributed by atoms with Gasteiger partial charge in [0.25, 0.3) is 0 Å². The van der Waals surface area contributed by atoms with Crippen molar-refractivity contribution in [3.63, 3.8) is 0 Å². The number of rotatable bonds is 1. The van der Waals surface area contributed by atoms with Gasteiger partial charge in [-0.05, 0) is 45.0 Å². The summed E-state index contributed by atoms with van der Waals surface area (Å²) in [4.78, 5) is 1.48. The molecular formula is C21H17Br2S+. The van der Waals surface area contributed by atoms with Gasteiger partial charge in [0.05, 0.1) is 0 Å². The Hall–Kier alpha value is -1.16. The van der Waals surface area contributed by atoms with Crippen molar-refractivity contribution in [2.24, 2.45) is 0 Å². The Labute approximate surface area is 161 Å². The van der Waals surface area contributed by atoms with E-state index in [2.05, 4.69) is 101 Å². The van der Waals surface area contributed by atoms with Crippen molar-refractivity contribution in [3.8, 4) is 4.90 Å². The molecule has 4 rings (SSSR count). The number of halogens is 2. The Morgan fingerprint density at radius 2 is 1.12 bits per heavy atom. The third-order valence-corrected chi connectivity index (χ3v) is 8.05. The molecule has 4 aromatic rings. The van der Waals surface area contributed by atoms with Crippen molar-refractivity contribution in [2.75, 3.05) is 0 Å². The predicted octanol–water partition coefficient (Wildman–Crippen LogP) is 8.18. The lowest BCUT2D eigenvalue weighted by Crippen LogP contribution is -1.86. The van der Waals surface area contributed by atoms with Crippen LogP contribution in [0, 0.1) is 20.8 Å². The molecule has 0 aliphatic rings. The highest BCUT2D eigenvalue weighted by Crippen LogP contribution is 2.51. The third-order valence-electron chi connectivity index (χ3n) is 4.42. The fraction of sp³-hybridized carbons (Fsp3) is 0.143. The zero-order valence-corrected chi connectivity index (χ0v) is 17.8. The minimum atomic E-state index is -0.0302. The monoisotopic (exact) mass is 459 g/mol.